The van der Waals surface area contributed by atoms with Crippen molar-refractivity contribution < 1.29 is 0 Å². The van der Waals surface area contributed by atoms with Crippen molar-refractivity contribution in [2.45, 2.75) is 0 Å². The predicted molar refractivity (Wildman–Crippen MR) is 67.6 cm³/mol. The van der Waals surface area contributed by atoms with Crippen LogP contribution in [0.2, 0.25) is 0 Å². The van der Waals surface area contributed by atoms with Crippen LogP contribution in [-0.2, 0) is 0 Å². The number of hydrogen-bond acceptors (Lipinski definition) is 0. The van der Waals surface area contributed by atoms with E-state index in [2.05, 4.69) is 80.5 Å². The van der Waals surface area contributed by atoms with Crippen LogP contribution < -0.4 is 0 Å². The van der Waals surface area contributed by atoms with E-state index in [-0.39, 0.29) is 11.8 Å². The zero-order valence-electron chi connectivity index (χ0n) is 2.41. The van der Waals surface area contributed by atoms with Crippen molar-refractivity contribution in [3.8, 4) is 0 Å². The molecule has 0 rings (SSSR count). The van der Waals surface area contributed by atoms with E-state index in [9.17, 15) is 0 Å². The van der Waals surface area contributed by atoms with E-state index in [1.807, 2.05) is 0 Å². The van der Waals surface area contributed by atoms with Crippen molar-refractivity contribution in [3.05, 3.63) is 0 Å². The van der Waals surface area contributed by atoms with Gasteiger partial charge in [-0.3, -0.25) is 0 Å². The number of rotatable bonds is 1. The summed E-state index contributed by atoms with van der Waals surface area (Å²) < 4.78 is 0. The van der Waals surface area contributed by atoms with Gasteiger partial charge in [-0.25, -0.2) is 0 Å². The molecule has 0 aliphatic heterocycles. The molecule has 0 heterocycles. The van der Waals surface area contributed by atoms with Crippen LogP contribution in [-0.4, -0.2) is 11.8 Å². The Morgan fingerprint density at radius 1 is 0.667 bits per heavy atom. The van der Waals surface area contributed by atoms with Gasteiger partial charge in [-0.1, -0.05) is 0 Å². The molecule has 0 bridgehead atoms. The first-order valence-electron chi connectivity index (χ1n) is 0.876. The summed E-state index contributed by atoms with van der Waals surface area (Å²) in [6.07, 6.45) is 0. The van der Waals surface area contributed by atoms with E-state index < -0.39 is 0 Å². The molecule has 6 heavy (non-hydrogen) atoms. The zero-order valence-corrected chi connectivity index (χ0v) is 14.8. The molecule has 0 radical (unpaired) electrons. The van der Waals surface area contributed by atoms with Gasteiger partial charge in [0.2, 0.25) is 0 Å². The number of halogens is 4. The van der Waals surface area contributed by atoms with Gasteiger partial charge in [0, 0.05) is 0 Å². The molecule has 0 aliphatic carbocycles. The van der Waals surface area contributed by atoms with Gasteiger partial charge in [0.15, 0.2) is 0 Å². The Labute approximate surface area is 89.3 Å². The summed E-state index contributed by atoms with van der Waals surface area (Å²) in [7, 11) is 0. The van der Waals surface area contributed by atoms with Gasteiger partial charge >= 0.3 is 92.3 Å². The zero-order chi connectivity index (χ0) is 5.15. The average molecular weight is 657 g/mol. The van der Waals surface area contributed by atoms with Crippen LogP contribution in [0, 0.1) is 0 Å². The Morgan fingerprint density at radius 3 is 0.833 bits per heavy atom. The standard InChI is InChI=1S/As2I4/c3-1(4)2(5)6. The molecule has 0 aromatic carbocycles. The van der Waals surface area contributed by atoms with Gasteiger partial charge in [0.05, 0.1) is 0 Å². The van der Waals surface area contributed by atoms with Gasteiger partial charge in [-0.15, -0.1) is 0 Å². The topological polar surface area (TPSA) is 0 Å². The molecule has 0 saturated carbocycles. The molecule has 0 nitrogen and oxygen atoms in total. The first-order valence-corrected chi connectivity index (χ1v) is 29.0. The Hall–Kier alpha value is 4.04. The van der Waals surface area contributed by atoms with Crippen LogP contribution >= 0.6 is 80.5 Å². The molecule has 0 atom stereocenters. The third-order valence-corrected chi connectivity index (χ3v) is 139. The normalized spacial score (nSPS) is 11.0. The van der Waals surface area contributed by atoms with Crippen molar-refractivity contribution in [3.63, 3.8) is 0 Å². The molecule has 0 amide bonds. The van der Waals surface area contributed by atoms with Gasteiger partial charge in [-0.05, 0) is 0 Å². The van der Waals surface area contributed by atoms with E-state index in [0.29, 0.717) is 0 Å². The van der Waals surface area contributed by atoms with Crippen LogP contribution in [0.4, 0.5) is 0 Å². The Morgan fingerprint density at radius 2 is 0.833 bits per heavy atom. The summed E-state index contributed by atoms with van der Waals surface area (Å²) in [6, 6.07) is 0. The van der Waals surface area contributed by atoms with E-state index >= 15 is 0 Å². The summed E-state index contributed by atoms with van der Waals surface area (Å²) >= 11 is 10.5. The van der Waals surface area contributed by atoms with Crippen LogP contribution in [0.3, 0.4) is 0 Å². The summed E-state index contributed by atoms with van der Waals surface area (Å²) in [5, 5.41) is 0. The van der Waals surface area contributed by atoms with Crippen molar-refractivity contribution in [1.29, 1.82) is 0 Å². The molecule has 0 saturated heterocycles. The minimum absolute atomic E-state index is 0.239. The first kappa shape index (κ1) is 10.0. The van der Waals surface area contributed by atoms with Gasteiger partial charge in [-0.2, -0.15) is 0 Å². The average Bonchev–Trinajstić information content (AvgIpc) is 1.36. The molecule has 6 heteroatoms. The second-order valence-electron chi connectivity index (χ2n) is 0.430. The third-order valence-electron chi connectivity index (χ3n) is 0.114. The molecule has 0 aromatic heterocycles. The SMILES string of the molecule is I[As](I)[As](I)I. The molecule has 0 unspecified atom stereocenters. The van der Waals surface area contributed by atoms with E-state index in [1.54, 1.807) is 0 Å². The van der Waals surface area contributed by atoms with E-state index in [4.69, 9.17) is 0 Å². The predicted octanol–water partition coefficient (Wildman–Crippen LogP) is 2.78. The number of hydrogen-bond donors (Lipinski definition) is 0. The third kappa shape index (κ3) is 6.16. The second kappa shape index (κ2) is 5.79. The monoisotopic (exact) mass is 657 g/mol. The van der Waals surface area contributed by atoms with Crippen molar-refractivity contribution in [1.82, 2.24) is 0 Å². The first-order chi connectivity index (χ1) is 2.64. The molecular weight excluding hydrogens is 657 g/mol. The Kier molecular flexibility index (Phi) is 9.69. The maximum absolute atomic E-state index is 2.61. The Bertz CT molecular complexity index is 26.5. The summed E-state index contributed by atoms with van der Waals surface area (Å²) in [5.41, 5.74) is 0. The molecule has 0 fully saturated rings. The molecular formula is As2I4. The van der Waals surface area contributed by atoms with E-state index in [0.717, 1.165) is 0 Å². The van der Waals surface area contributed by atoms with Crippen molar-refractivity contribution in [2.75, 3.05) is 0 Å². The van der Waals surface area contributed by atoms with Gasteiger partial charge in [0.25, 0.3) is 0 Å². The molecule has 38 valence electrons. The van der Waals surface area contributed by atoms with Gasteiger partial charge in [0.1, 0.15) is 0 Å². The fourth-order valence-corrected chi connectivity index (χ4v) is 0. The molecule has 0 N–H and O–H groups in total. The fraction of sp³-hybridized carbons (Fsp3) is 0. The van der Waals surface area contributed by atoms with E-state index in [1.165, 1.54) is 0 Å². The van der Waals surface area contributed by atoms with Crippen LogP contribution in [0.5, 0.6) is 0 Å². The van der Waals surface area contributed by atoms with Crippen LogP contribution in [0.25, 0.3) is 0 Å². The Balaban J connectivity index is 2.99. The van der Waals surface area contributed by atoms with Crippen LogP contribution in [0.1, 0.15) is 0 Å². The summed E-state index contributed by atoms with van der Waals surface area (Å²) in [4.78, 5) is 0. The maximum atomic E-state index is 2.61. The molecule has 0 spiro atoms. The van der Waals surface area contributed by atoms with Crippen molar-refractivity contribution in [2.24, 2.45) is 0 Å². The minimum atomic E-state index is -0.239. The van der Waals surface area contributed by atoms with Crippen molar-refractivity contribution >= 4 is 92.3 Å². The second-order valence-corrected chi connectivity index (χ2v) is 84.6. The quantitative estimate of drug-likeness (QED) is 0.301. The molecule has 0 aliphatic rings. The summed E-state index contributed by atoms with van der Waals surface area (Å²) in [5.74, 6) is -0.479. The summed E-state index contributed by atoms with van der Waals surface area (Å²) in [6.45, 7) is 0. The van der Waals surface area contributed by atoms with Crippen LogP contribution in [0.15, 0.2) is 0 Å². The van der Waals surface area contributed by atoms with Gasteiger partial charge < -0.3 is 0 Å². The molecule has 0 aromatic rings. The fourth-order valence-electron chi connectivity index (χ4n) is 0.